The van der Waals surface area contributed by atoms with Gasteiger partial charge in [-0.25, -0.2) is 0 Å². The minimum absolute atomic E-state index is 0.331. The molecule has 0 heterocycles. The van der Waals surface area contributed by atoms with Crippen LogP contribution in [0.5, 0.6) is 5.75 Å². The van der Waals surface area contributed by atoms with Gasteiger partial charge in [0, 0.05) is 5.56 Å². The van der Waals surface area contributed by atoms with E-state index in [2.05, 4.69) is 25.0 Å². The summed E-state index contributed by atoms with van der Waals surface area (Å²) < 4.78 is 0. The Morgan fingerprint density at radius 2 is 1.83 bits per heavy atom. The molecule has 1 aromatic rings. The van der Waals surface area contributed by atoms with Crippen molar-refractivity contribution in [2.75, 3.05) is 0 Å². The van der Waals surface area contributed by atoms with Crippen LogP contribution in [0.25, 0.3) is 0 Å². The van der Waals surface area contributed by atoms with Crippen molar-refractivity contribution in [1.82, 2.24) is 0 Å². The average Bonchev–Trinajstić information content (AvgIpc) is 2.38. The Balaban J connectivity index is 3.02. The lowest BCUT2D eigenvalue weighted by Crippen LogP contribution is -1.97. The second-order valence-electron chi connectivity index (χ2n) is 4.68. The maximum absolute atomic E-state index is 10.1. The highest BCUT2D eigenvalue weighted by molar-refractivity contribution is 5.84. The van der Waals surface area contributed by atoms with Crippen molar-refractivity contribution in [3.05, 3.63) is 28.8 Å². The number of aryl methyl sites for hydroxylation is 2. The summed E-state index contributed by atoms with van der Waals surface area (Å²) in [6, 6.07) is 4.10. The van der Waals surface area contributed by atoms with Crippen LogP contribution in [-0.4, -0.2) is 11.3 Å². The standard InChI is InChI=1S/C15H24N2O/c1-3-5-7-12-9-13(8-6-4-2)15(18)14(10-12)11-17-16/h9-11,18H,3-8,16H2,1-2H3/b17-11+. The van der Waals surface area contributed by atoms with E-state index in [1.807, 2.05) is 6.07 Å². The van der Waals surface area contributed by atoms with Gasteiger partial charge in [0.25, 0.3) is 0 Å². The molecule has 0 aliphatic carbocycles. The summed E-state index contributed by atoms with van der Waals surface area (Å²) in [6.07, 6.45) is 8.03. The van der Waals surface area contributed by atoms with Gasteiger partial charge in [-0.1, -0.05) is 32.8 Å². The van der Waals surface area contributed by atoms with Gasteiger partial charge in [0.15, 0.2) is 0 Å². The third-order valence-corrected chi connectivity index (χ3v) is 3.11. The molecular formula is C15H24N2O. The highest BCUT2D eigenvalue weighted by Crippen LogP contribution is 2.26. The summed E-state index contributed by atoms with van der Waals surface area (Å²) in [7, 11) is 0. The Morgan fingerprint density at radius 3 is 2.44 bits per heavy atom. The first-order chi connectivity index (χ1) is 8.72. The van der Waals surface area contributed by atoms with Crippen LogP contribution in [-0.2, 0) is 12.8 Å². The van der Waals surface area contributed by atoms with Crippen molar-refractivity contribution in [3.8, 4) is 5.75 Å². The molecule has 3 heteroatoms. The molecule has 0 radical (unpaired) electrons. The second-order valence-corrected chi connectivity index (χ2v) is 4.68. The highest BCUT2D eigenvalue weighted by Gasteiger charge is 2.08. The molecule has 0 unspecified atom stereocenters. The molecule has 100 valence electrons. The van der Waals surface area contributed by atoms with Gasteiger partial charge >= 0.3 is 0 Å². The Morgan fingerprint density at radius 1 is 1.17 bits per heavy atom. The molecular weight excluding hydrogens is 224 g/mol. The van der Waals surface area contributed by atoms with Gasteiger partial charge in [-0.3, -0.25) is 0 Å². The number of nitrogens with zero attached hydrogens (tertiary/aromatic N) is 1. The minimum Gasteiger partial charge on any atom is -0.507 e. The SMILES string of the molecule is CCCCc1cc(/C=N/N)c(O)c(CCCC)c1. The predicted octanol–water partition coefficient (Wildman–Crippen LogP) is 3.37. The third kappa shape index (κ3) is 4.06. The molecule has 0 aromatic heterocycles. The van der Waals surface area contributed by atoms with Crippen LogP contribution in [0.15, 0.2) is 17.2 Å². The number of phenolic OH excluding ortho intramolecular Hbond substituents is 1. The number of phenols is 1. The van der Waals surface area contributed by atoms with Gasteiger partial charge in [-0.15, -0.1) is 0 Å². The smallest absolute Gasteiger partial charge is 0.127 e. The van der Waals surface area contributed by atoms with Crippen molar-refractivity contribution in [2.24, 2.45) is 10.9 Å². The van der Waals surface area contributed by atoms with E-state index in [1.54, 1.807) is 0 Å². The van der Waals surface area contributed by atoms with Crippen LogP contribution in [0.3, 0.4) is 0 Å². The first-order valence-electron chi connectivity index (χ1n) is 6.80. The van der Waals surface area contributed by atoms with Gasteiger partial charge in [-0.05, 0) is 42.9 Å². The lowest BCUT2D eigenvalue weighted by Gasteiger charge is -2.10. The van der Waals surface area contributed by atoms with E-state index >= 15 is 0 Å². The zero-order valence-electron chi connectivity index (χ0n) is 11.4. The molecule has 3 nitrogen and oxygen atoms in total. The maximum atomic E-state index is 10.1. The van der Waals surface area contributed by atoms with Gasteiger partial charge in [0.2, 0.25) is 0 Å². The van der Waals surface area contributed by atoms with Gasteiger partial charge < -0.3 is 10.9 Å². The molecule has 0 atom stereocenters. The number of unbranched alkanes of at least 4 members (excludes halogenated alkanes) is 2. The summed E-state index contributed by atoms with van der Waals surface area (Å²) in [5, 5.41) is 13.7. The van der Waals surface area contributed by atoms with E-state index in [0.29, 0.717) is 5.75 Å². The fraction of sp³-hybridized carbons (Fsp3) is 0.533. The molecule has 0 amide bonds. The Kier molecular flexibility index (Phi) is 6.26. The number of benzene rings is 1. The van der Waals surface area contributed by atoms with Crippen molar-refractivity contribution in [1.29, 1.82) is 0 Å². The zero-order valence-corrected chi connectivity index (χ0v) is 11.4. The molecule has 0 saturated heterocycles. The Labute approximate surface area is 110 Å². The maximum Gasteiger partial charge on any atom is 0.127 e. The van der Waals surface area contributed by atoms with E-state index in [1.165, 1.54) is 18.2 Å². The van der Waals surface area contributed by atoms with Crippen LogP contribution >= 0.6 is 0 Å². The van der Waals surface area contributed by atoms with Crippen LogP contribution in [0.2, 0.25) is 0 Å². The molecule has 3 N–H and O–H groups in total. The molecule has 0 saturated carbocycles. The third-order valence-electron chi connectivity index (χ3n) is 3.11. The molecule has 0 fully saturated rings. The Hall–Kier alpha value is -1.51. The van der Waals surface area contributed by atoms with Gasteiger partial charge in [-0.2, -0.15) is 5.10 Å². The van der Waals surface area contributed by atoms with E-state index in [9.17, 15) is 5.11 Å². The molecule has 1 aromatic carbocycles. The normalized spacial score (nSPS) is 11.2. The van der Waals surface area contributed by atoms with Crippen molar-refractivity contribution in [2.45, 2.75) is 52.4 Å². The Bertz CT molecular complexity index is 400. The fourth-order valence-electron chi connectivity index (χ4n) is 2.05. The zero-order chi connectivity index (χ0) is 13.4. The van der Waals surface area contributed by atoms with Crippen LogP contribution in [0.1, 0.15) is 56.2 Å². The van der Waals surface area contributed by atoms with E-state index in [-0.39, 0.29) is 0 Å². The molecule has 0 aliphatic heterocycles. The topological polar surface area (TPSA) is 58.6 Å². The van der Waals surface area contributed by atoms with Crippen LogP contribution in [0.4, 0.5) is 0 Å². The number of hydrogen-bond acceptors (Lipinski definition) is 3. The molecule has 0 bridgehead atoms. The molecule has 1 rings (SSSR count). The van der Waals surface area contributed by atoms with Crippen LogP contribution < -0.4 is 5.84 Å². The number of rotatable bonds is 7. The summed E-state index contributed by atoms with van der Waals surface area (Å²) in [5.74, 6) is 5.52. The molecule has 0 spiro atoms. The van der Waals surface area contributed by atoms with E-state index in [0.717, 1.165) is 43.2 Å². The average molecular weight is 248 g/mol. The fourth-order valence-corrected chi connectivity index (χ4v) is 2.05. The van der Waals surface area contributed by atoms with Gasteiger partial charge in [0.1, 0.15) is 5.75 Å². The number of nitrogens with two attached hydrogens (primary N) is 1. The van der Waals surface area contributed by atoms with Gasteiger partial charge in [0.05, 0.1) is 6.21 Å². The second kappa shape index (κ2) is 7.75. The number of aromatic hydroxyl groups is 1. The van der Waals surface area contributed by atoms with E-state index < -0.39 is 0 Å². The number of hydrogen-bond donors (Lipinski definition) is 2. The van der Waals surface area contributed by atoms with Crippen molar-refractivity contribution < 1.29 is 5.11 Å². The van der Waals surface area contributed by atoms with Crippen LogP contribution in [0, 0.1) is 0 Å². The van der Waals surface area contributed by atoms with Crippen molar-refractivity contribution in [3.63, 3.8) is 0 Å². The predicted molar refractivity (Wildman–Crippen MR) is 77.1 cm³/mol. The summed E-state index contributed by atoms with van der Waals surface area (Å²) in [5.41, 5.74) is 3.01. The highest BCUT2D eigenvalue weighted by atomic mass is 16.3. The van der Waals surface area contributed by atoms with Crippen molar-refractivity contribution >= 4 is 6.21 Å². The lowest BCUT2D eigenvalue weighted by atomic mass is 9.98. The largest absolute Gasteiger partial charge is 0.507 e. The summed E-state index contributed by atoms with van der Waals surface area (Å²) in [6.45, 7) is 4.33. The molecule has 0 aliphatic rings. The first-order valence-corrected chi connectivity index (χ1v) is 6.80. The molecule has 18 heavy (non-hydrogen) atoms. The summed E-state index contributed by atoms with van der Waals surface area (Å²) >= 11 is 0. The minimum atomic E-state index is 0.331. The quantitative estimate of drug-likeness (QED) is 0.441. The summed E-state index contributed by atoms with van der Waals surface area (Å²) in [4.78, 5) is 0. The van der Waals surface area contributed by atoms with E-state index in [4.69, 9.17) is 5.84 Å². The lowest BCUT2D eigenvalue weighted by molar-refractivity contribution is 0.465. The first kappa shape index (κ1) is 14.6. The number of hydrazone groups is 1. The monoisotopic (exact) mass is 248 g/mol.